The molecule has 0 aliphatic rings. The Bertz CT molecular complexity index is 663. The van der Waals surface area contributed by atoms with E-state index in [1.54, 1.807) is 18.2 Å². The van der Waals surface area contributed by atoms with Crippen LogP contribution in [0.3, 0.4) is 0 Å². The minimum atomic E-state index is -0.442. The third-order valence-electron chi connectivity index (χ3n) is 2.39. The first kappa shape index (κ1) is 14.9. The Morgan fingerprint density at radius 3 is 2.50 bits per heavy atom. The summed E-state index contributed by atoms with van der Waals surface area (Å²) in [5.74, 6) is 5.17. The Labute approximate surface area is 130 Å². The van der Waals surface area contributed by atoms with E-state index in [2.05, 4.69) is 15.7 Å². The number of hydrogen-bond donors (Lipinski definition) is 3. The van der Waals surface area contributed by atoms with Gasteiger partial charge in [-0.2, -0.15) is 0 Å². The fourth-order valence-corrected chi connectivity index (χ4v) is 2.04. The topological polar surface area (TPSA) is 80.0 Å². The van der Waals surface area contributed by atoms with E-state index in [0.29, 0.717) is 16.5 Å². The lowest BCUT2D eigenvalue weighted by Crippen LogP contribution is -2.16. The predicted octanol–water partition coefficient (Wildman–Crippen LogP) is 3.58. The number of carbonyl (C=O) groups excluding carboxylic acids is 1. The molecule has 0 radical (unpaired) electrons. The van der Waals surface area contributed by atoms with Crippen molar-refractivity contribution in [2.24, 2.45) is 5.84 Å². The molecular weight excluding hydrogens is 323 g/mol. The van der Waals surface area contributed by atoms with E-state index in [0.717, 1.165) is 0 Å². The molecule has 2 rings (SSSR count). The van der Waals surface area contributed by atoms with Gasteiger partial charge in [-0.25, -0.2) is 10.8 Å². The van der Waals surface area contributed by atoms with Crippen molar-refractivity contribution < 1.29 is 4.79 Å². The van der Waals surface area contributed by atoms with Crippen LogP contribution in [0.5, 0.6) is 0 Å². The van der Waals surface area contributed by atoms with Gasteiger partial charge < -0.3 is 10.7 Å². The number of aromatic nitrogens is 1. The van der Waals surface area contributed by atoms with Crippen LogP contribution in [0.25, 0.3) is 0 Å². The van der Waals surface area contributed by atoms with Gasteiger partial charge in [0.1, 0.15) is 11.5 Å². The zero-order chi connectivity index (χ0) is 14.7. The molecule has 104 valence electrons. The molecule has 2 aromatic rings. The first-order valence-electron chi connectivity index (χ1n) is 5.41. The highest BCUT2D eigenvalue weighted by Gasteiger charge is 2.12. The number of nitrogens with zero attached hydrogens (tertiary/aromatic N) is 1. The van der Waals surface area contributed by atoms with E-state index in [4.69, 9.17) is 40.6 Å². The van der Waals surface area contributed by atoms with Gasteiger partial charge in [-0.15, -0.1) is 0 Å². The summed E-state index contributed by atoms with van der Waals surface area (Å²) in [6.45, 7) is 0. The Hall–Kier alpha value is -1.53. The lowest BCUT2D eigenvalue weighted by molar-refractivity contribution is 0.102. The second-order valence-corrected chi connectivity index (χ2v) is 4.97. The van der Waals surface area contributed by atoms with Gasteiger partial charge >= 0.3 is 0 Å². The van der Waals surface area contributed by atoms with E-state index in [1.807, 2.05) is 0 Å². The van der Waals surface area contributed by atoms with Crippen LogP contribution in [0.15, 0.2) is 30.3 Å². The number of nitrogens with one attached hydrogen (secondary N) is 2. The summed E-state index contributed by atoms with van der Waals surface area (Å²) in [5, 5.41) is 3.48. The first-order chi connectivity index (χ1) is 9.51. The molecule has 8 heteroatoms. The summed E-state index contributed by atoms with van der Waals surface area (Å²) in [4.78, 5) is 16.1. The maximum Gasteiger partial charge on any atom is 0.274 e. The molecule has 1 heterocycles. The van der Waals surface area contributed by atoms with Gasteiger partial charge in [0, 0.05) is 0 Å². The summed E-state index contributed by atoms with van der Waals surface area (Å²) in [7, 11) is 0. The molecule has 0 spiro atoms. The average Bonchev–Trinajstić information content (AvgIpc) is 2.44. The monoisotopic (exact) mass is 330 g/mol. The molecule has 0 atom stereocenters. The smallest absolute Gasteiger partial charge is 0.274 e. The minimum absolute atomic E-state index is 0.183. The van der Waals surface area contributed by atoms with Crippen molar-refractivity contribution in [2.75, 3.05) is 10.7 Å². The Kier molecular flexibility index (Phi) is 4.67. The lowest BCUT2D eigenvalue weighted by atomic mass is 10.3. The van der Waals surface area contributed by atoms with Gasteiger partial charge in [-0.1, -0.05) is 40.9 Å². The first-order valence-corrected chi connectivity index (χ1v) is 6.54. The summed E-state index contributed by atoms with van der Waals surface area (Å²) in [6, 6.07) is 7.74. The van der Waals surface area contributed by atoms with E-state index < -0.39 is 5.91 Å². The Morgan fingerprint density at radius 2 is 1.80 bits per heavy atom. The molecule has 0 aliphatic carbocycles. The van der Waals surface area contributed by atoms with Crippen molar-refractivity contribution in [3.05, 3.63) is 51.1 Å². The molecule has 4 N–H and O–H groups in total. The van der Waals surface area contributed by atoms with Crippen molar-refractivity contribution in [1.29, 1.82) is 0 Å². The highest BCUT2D eigenvalue weighted by molar-refractivity contribution is 6.44. The third-order valence-corrected chi connectivity index (χ3v) is 3.42. The van der Waals surface area contributed by atoms with Crippen molar-refractivity contribution in [1.82, 2.24) is 4.98 Å². The van der Waals surface area contributed by atoms with Crippen LogP contribution in [0, 0.1) is 0 Å². The molecule has 0 saturated carbocycles. The molecule has 0 aliphatic heterocycles. The van der Waals surface area contributed by atoms with Gasteiger partial charge in [0.15, 0.2) is 0 Å². The Morgan fingerprint density at radius 1 is 1.10 bits per heavy atom. The predicted molar refractivity (Wildman–Crippen MR) is 81.5 cm³/mol. The molecule has 0 bridgehead atoms. The molecule has 20 heavy (non-hydrogen) atoms. The van der Waals surface area contributed by atoms with Crippen LogP contribution in [-0.4, -0.2) is 10.9 Å². The molecule has 0 fully saturated rings. The second kappa shape index (κ2) is 6.28. The standard InChI is InChI=1S/C12H9Cl3N4O/c13-6-4-8(15)10(5-7(6)14)18-12(20)9-2-1-3-11(17-9)19-16/h1-5H,16H2,(H,17,19)(H,18,20). The van der Waals surface area contributed by atoms with Crippen molar-refractivity contribution in [2.45, 2.75) is 0 Å². The largest absolute Gasteiger partial charge is 0.319 e. The zero-order valence-corrected chi connectivity index (χ0v) is 12.2. The number of pyridine rings is 1. The summed E-state index contributed by atoms with van der Waals surface area (Å²) in [6.07, 6.45) is 0. The quantitative estimate of drug-likeness (QED) is 0.456. The van der Waals surface area contributed by atoms with Gasteiger partial charge in [-0.05, 0) is 24.3 Å². The third kappa shape index (κ3) is 3.32. The van der Waals surface area contributed by atoms with Crippen LogP contribution in [0.2, 0.25) is 15.1 Å². The number of hydrogen-bond acceptors (Lipinski definition) is 4. The number of nitrogen functional groups attached to an aromatic ring is 1. The molecular formula is C12H9Cl3N4O. The van der Waals surface area contributed by atoms with Crippen molar-refractivity contribution in [3.8, 4) is 0 Å². The number of anilines is 2. The molecule has 1 aromatic heterocycles. The number of halogens is 3. The number of amides is 1. The summed E-state index contributed by atoms with van der Waals surface area (Å²) in [5.41, 5.74) is 2.89. The van der Waals surface area contributed by atoms with Gasteiger partial charge in [0.2, 0.25) is 0 Å². The van der Waals surface area contributed by atoms with Gasteiger partial charge in [-0.3, -0.25) is 4.79 Å². The highest BCUT2D eigenvalue weighted by atomic mass is 35.5. The summed E-state index contributed by atoms with van der Waals surface area (Å²) < 4.78 is 0. The van der Waals surface area contributed by atoms with Crippen LogP contribution < -0.4 is 16.6 Å². The zero-order valence-electron chi connectivity index (χ0n) is 9.95. The van der Waals surface area contributed by atoms with Gasteiger partial charge in [0.05, 0.1) is 20.8 Å². The fourth-order valence-electron chi connectivity index (χ4n) is 1.45. The van der Waals surface area contributed by atoms with Crippen LogP contribution in [-0.2, 0) is 0 Å². The second-order valence-electron chi connectivity index (χ2n) is 3.75. The SMILES string of the molecule is NNc1cccc(C(=O)Nc2cc(Cl)c(Cl)cc2Cl)n1. The van der Waals surface area contributed by atoms with E-state index >= 15 is 0 Å². The van der Waals surface area contributed by atoms with Crippen molar-refractivity contribution >= 4 is 52.2 Å². The lowest BCUT2D eigenvalue weighted by Gasteiger charge is -2.09. The maximum absolute atomic E-state index is 12.1. The molecule has 0 saturated heterocycles. The van der Waals surface area contributed by atoms with E-state index in [9.17, 15) is 4.79 Å². The Balaban J connectivity index is 2.25. The van der Waals surface area contributed by atoms with Gasteiger partial charge in [0.25, 0.3) is 5.91 Å². The molecule has 5 nitrogen and oxygen atoms in total. The average molecular weight is 332 g/mol. The maximum atomic E-state index is 12.1. The number of rotatable bonds is 3. The van der Waals surface area contributed by atoms with E-state index in [-0.39, 0.29) is 15.7 Å². The fraction of sp³-hybridized carbons (Fsp3) is 0. The van der Waals surface area contributed by atoms with Crippen molar-refractivity contribution in [3.63, 3.8) is 0 Å². The number of carbonyl (C=O) groups is 1. The molecule has 0 unspecified atom stereocenters. The summed E-state index contributed by atoms with van der Waals surface area (Å²) >= 11 is 17.7. The number of nitrogens with two attached hydrogens (primary N) is 1. The van der Waals surface area contributed by atoms with Crippen LogP contribution in [0.1, 0.15) is 10.5 Å². The highest BCUT2D eigenvalue weighted by Crippen LogP contribution is 2.32. The van der Waals surface area contributed by atoms with Crippen LogP contribution >= 0.6 is 34.8 Å². The van der Waals surface area contributed by atoms with Crippen LogP contribution in [0.4, 0.5) is 11.5 Å². The van der Waals surface area contributed by atoms with E-state index in [1.165, 1.54) is 12.1 Å². The minimum Gasteiger partial charge on any atom is -0.319 e. The normalized spacial score (nSPS) is 10.2. The number of benzene rings is 1. The molecule has 1 amide bonds. The number of hydrazine groups is 1. The molecule has 1 aromatic carbocycles.